The van der Waals surface area contributed by atoms with E-state index in [4.69, 9.17) is 14.0 Å². The van der Waals surface area contributed by atoms with Crippen LogP contribution in [-0.2, 0) is 20.9 Å². The molecule has 0 amide bonds. The van der Waals surface area contributed by atoms with Crippen molar-refractivity contribution in [1.29, 1.82) is 0 Å². The lowest BCUT2D eigenvalue weighted by Gasteiger charge is -2.12. The number of methoxy groups -OCH3 is 1. The number of rotatable bonds is 6. The number of carbonyl (C=O) groups is 1. The molecule has 2 rings (SSSR count). The quantitative estimate of drug-likeness (QED) is 0.759. The van der Waals surface area contributed by atoms with Crippen molar-refractivity contribution in [2.24, 2.45) is 0 Å². The average molecular weight is 290 g/mol. The van der Waals surface area contributed by atoms with E-state index in [1.807, 2.05) is 31.2 Å². The Labute approximate surface area is 123 Å². The Morgan fingerprint density at radius 2 is 2.05 bits per heavy atom. The lowest BCUT2D eigenvalue weighted by atomic mass is 9.98. The number of carbonyl (C=O) groups excluding carboxylic acids is 1. The number of nitrogens with zero attached hydrogens (tertiary/aromatic N) is 2. The second-order valence-electron chi connectivity index (χ2n) is 4.58. The summed E-state index contributed by atoms with van der Waals surface area (Å²) in [5.41, 5.74) is 1.86. The minimum Gasteiger partial charge on any atom is -0.465 e. The highest BCUT2D eigenvalue weighted by molar-refractivity contribution is 5.80. The molecule has 0 aliphatic carbocycles. The largest absolute Gasteiger partial charge is 0.465 e. The maximum absolute atomic E-state index is 12.2. The molecule has 1 aromatic heterocycles. The Morgan fingerprint density at radius 1 is 1.33 bits per heavy atom. The van der Waals surface area contributed by atoms with E-state index in [1.54, 1.807) is 14.0 Å². The van der Waals surface area contributed by atoms with Gasteiger partial charge in [-0.2, -0.15) is 4.98 Å². The first-order chi connectivity index (χ1) is 10.2. The van der Waals surface area contributed by atoms with Crippen LogP contribution in [0.15, 0.2) is 28.8 Å². The van der Waals surface area contributed by atoms with Crippen molar-refractivity contribution in [1.82, 2.24) is 10.1 Å². The summed E-state index contributed by atoms with van der Waals surface area (Å²) in [7, 11) is 1.54. The molecule has 0 spiro atoms. The highest BCUT2D eigenvalue weighted by Crippen LogP contribution is 2.25. The second kappa shape index (κ2) is 6.99. The molecule has 0 saturated carbocycles. The van der Waals surface area contributed by atoms with Crippen molar-refractivity contribution >= 4 is 5.97 Å². The molecule has 1 atom stereocenters. The lowest BCUT2D eigenvalue weighted by molar-refractivity contribution is -0.144. The fraction of sp³-hybridized carbons (Fsp3) is 0.400. The molecule has 0 radical (unpaired) electrons. The van der Waals surface area contributed by atoms with Gasteiger partial charge in [0.15, 0.2) is 11.7 Å². The number of benzene rings is 1. The van der Waals surface area contributed by atoms with E-state index in [1.165, 1.54) is 0 Å². The molecular formula is C15H18N2O4. The third-order valence-electron chi connectivity index (χ3n) is 2.94. The van der Waals surface area contributed by atoms with Crippen LogP contribution in [0.5, 0.6) is 0 Å². The van der Waals surface area contributed by atoms with Gasteiger partial charge in [0.1, 0.15) is 6.61 Å². The van der Waals surface area contributed by atoms with E-state index >= 15 is 0 Å². The molecule has 6 nitrogen and oxygen atoms in total. The highest BCUT2D eigenvalue weighted by atomic mass is 16.5. The molecule has 0 fully saturated rings. The summed E-state index contributed by atoms with van der Waals surface area (Å²) in [6.07, 6.45) is 0. The van der Waals surface area contributed by atoms with Gasteiger partial charge in [0.25, 0.3) is 0 Å². The van der Waals surface area contributed by atoms with Crippen LogP contribution >= 0.6 is 0 Å². The van der Waals surface area contributed by atoms with E-state index in [0.29, 0.717) is 12.4 Å². The zero-order valence-electron chi connectivity index (χ0n) is 12.3. The minimum absolute atomic E-state index is 0.212. The van der Waals surface area contributed by atoms with E-state index in [-0.39, 0.29) is 12.5 Å². The number of aryl methyl sites for hydroxylation is 1. The number of hydrogen-bond donors (Lipinski definition) is 0. The second-order valence-corrected chi connectivity index (χ2v) is 4.58. The van der Waals surface area contributed by atoms with Gasteiger partial charge in [0.2, 0.25) is 5.89 Å². The van der Waals surface area contributed by atoms with Gasteiger partial charge in [-0.25, -0.2) is 0 Å². The summed E-state index contributed by atoms with van der Waals surface area (Å²) in [6, 6.07) is 7.57. The highest BCUT2D eigenvalue weighted by Gasteiger charge is 2.30. The zero-order valence-corrected chi connectivity index (χ0v) is 12.3. The van der Waals surface area contributed by atoms with Crippen LogP contribution in [-0.4, -0.2) is 29.8 Å². The van der Waals surface area contributed by atoms with Gasteiger partial charge >= 0.3 is 5.97 Å². The Balaban J connectivity index is 2.34. The van der Waals surface area contributed by atoms with Gasteiger partial charge in [-0.15, -0.1) is 0 Å². The smallest absolute Gasteiger partial charge is 0.323 e. The molecular weight excluding hydrogens is 272 g/mol. The number of hydrogen-bond acceptors (Lipinski definition) is 6. The van der Waals surface area contributed by atoms with Gasteiger partial charge < -0.3 is 14.0 Å². The maximum Gasteiger partial charge on any atom is 0.323 e. The number of esters is 1. The zero-order chi connectivity index (χ0) is 15.2. The van der Waals surface area contributed by atoms with Crippen molar-refractivity contribution in [3.8, 4) is 0 Å². The molecule has 0 aliphatic heterocycles. The molecule has 1 heterocycles. The van der Waals surface area contributed by atoms with Crippen molar-refractivity contribution in [3.63, 3.8) is 0 Å². The van der Waals surface area contributed by atoms with Crippen LogP contribution in [0.2, 0.25) is 0 Å². The number of ether oxygens (including phenoxy) is 2. The Kier molecular flexibility index (Phi) is 5.05. The van der Waals surface area contributed by atoms with Crippen molar-refractivity contribution in [2.45, 2.75) is 26.4 Å². The van der Waals surface area contributed by atoms with Crippen molar-refractivity contribution in [3.05, 3.63) is 47.1 Å². The summed E-state index contributed by atoms with van der Waals surface area (Å²) in [5.74, 6) is -0.518. The fourth-order valence-electron chi connectivity index (χ4n) is 1.94. The minimum atomic E-state index is -0.719. The van der Waals surface area contributed by atoms with Gasteiger partial charge in [0, 0.05) is 7.11 Å². The van der Waals surface area contributed by atoms with Gasteiger partial charge in [-0.3, -0.25) is 4.79 Å². The molecule has 2 aromatic rings. The molecule has 6 heteroatoms. The third-order valence-corrected chi connectivity index (χ3v) is 2.94. The van der Waals surface area contributed by atoms with Gasteiger partial charge in [-0.1, -0.05) is 35.0 Å². The molecule has 1 unspecified atom stereocenters. The molecule has 1 aromatic carbocycles. The molecule has 0 bridgehead atoms. The maximum atomic E-state index is 12.2. The lowest BCUT2D eigenvalue weighted by Crippen LogP contribution is -2.17. The molecule has 0 aliphatic rings. The topological polar surface area (TPSA) is 74.5 Å². The van der Waals surface area contributed by atoms with Crippen LogP contribution in [0.1, 0.15) is 35.7 Å². The Morgan fingerprint density at radius 3 is 2.67 bits per heavy atom. The summed E-state index contributed by atoms with van der Waals surface area (Å²) in [5, 5.41) is 3.79. The fourth-order valence-corrected chi connectivity index (χ4v) is 1.94. The van der Waals surface area contributed by atoms with E-state index in [2.05, 4.69) is 10.1 Å². The Bertz CT molecular complexity index is 592. The summed E-state index contributed by atoms with van der Waals surface area (Å²) in [4.78, 5) is 16.4. The summed E-state index contributed by atoms with van der Waals surface area (Å²) < 4.78 is 15.3. The molecule has 0 N–H and O–H groups in total. The van der Waals surface area contributed by atoms with Gasteiger partial charge in [0.05, 0.1) is 6.61 Å². The first-order valence-corrected chi connectivity index (χ1v) is 6.70. The molecule has 112 valence electrons. The average Bonchev–Trinajstić information content (AvgIpc) is 2.90. The molecule has 21 heavy (non-hydrogen) atoms. The molecule has 0 saturated heterocycles. The SMILES string of the molecule is CCOC(=O)C(c1ccc(C)cc1)c1nc(COC)no1. The summed E-state index contributed by atoms with van der Waals surface area (Å²) >= 11 is 0. The monoisotopic (exact) mass is 290 g/mol. The van der Waals surface area contributed by atoms with E-state index in [0.717, 1.165) is 11.1 Å². The predicted molar refractivity (Wildman–Crippen MR) is 74.7 cm³/mol. The third kappa shape index (κ3) is 3.66. The normalized spacial score (nSPS) is 12.1. The van der Waals surface area contributed by atoms with Crippen LogP contribution in [0.25, 0.3) is 0 Å². The van der Waals surface area contributed by atoms with Crippen molar-refractivity contribution in [2.75, 3.05) is 13.7 Å². The predicted octanol–water partition coefficient (Wildman–Crippen LogP) is 2.22. The first-order valence-electron chi connectivity index (χ1n) is 6.70. The van der Waals surface area contributed by atoms with Crippen LogP contribution in [0, 0.1) is 6.92 Å². The summed E-state index contributed by atoms with van der Waals surface area (Å²) in [6.45, 7) is 4.26. The van der Waals surface area contributed by atoms with Crippen LogP contribution < -0.4 is 0 Å². The van der Waals surface area contributed by atoms with Gasteiger partial charge in [-0.05, 0) is 19.4 Å². The standard InChI is InChI=1S/C15H18N2O4/c1-4-20-15(18)13(11-7-5-10(2)6-8-11)14-16-12(9-19-3)17-21-14/h5-8,13H,4,9H2,1-3H3. The Hall–Kier alpha value is -2.21. The van der Waals surface area contributed by atoms with Crippen molar-refractivity contribution < 1.29 is 18.8 Å². The van der Waals surface area contributed by atoms with E-state index in [9.17, 15) is 4.79 Å². The first kappa shape index (κ1) is 15.2. The number of aromatic nitrogens is 2. The van der Waals surface area contributed by atoms with Crippen LogP contribution in [0.4, 0.5) is 0 Å². The van der Waals surface area contributed by atoms with Crippen LogP contribution in [0.3, 0.4) is 0 Å². The van der Waals surface area contributed by atoms with E-state index < -0.39 is 11.9 Å².